The quantitative estimate of drug-likeness (QED) is 0.673. The van der Waals surface area contributed by atoms with Gasteiger partial charge in [0.15, 0.2) is 11.5 Å². The van der Waals surface area contributed by atoms with Gasteiger partial charge in [-0.1, -0.05) is 0 Å². The topological polar surface area (TPSA) is 69.2 Å². The number of nitrogens with zero attached hydrogens (tertiary/aromatic N) is 1. The number of carbonyl (C=O) groups excluding carboxylic acids is 1. The number of amides is 1. The molecule has 0 spiro atoms. The molecule has 0 aliphatic carbocycles. The number of fused-ring (bicyclic) bond motifs is 1. The highest BCUT2D eigenvalue weighted by atomic mass is 16.6. The van der Waals surface area contributed by atoms with E-state index in [4.69, 9.17) is 14.2 Å². The third kappa shape index (κ3) is 4.65. The zero-order valence-corrected chi connectivity index (χ0v) is 13.4. The van der Waals surface area contributed by atoms with Crippen LogP contribution in [0.1, 0.15) is 39.7 Å². The standard InChI is InChI=1S/C16H22N2O4/c1-11(17-18-15(19)22-16(2,3)4)12-6-7-13-14(10-12)21-9-5-8-20-13/h6-7,10H,5,8-9H2,1-4H3,(H,18,19)/b17-11-. The van der Waals surface area contributed by atoms with Crippen molar-refractivity contribution >= 4 is 11.8 Å². The fourth-order valence-electron chi connectivity index (χ4n) is 1.88. The lowest BCUT2D eigenvalue weighted by Gasteiger charge is -2.18. The van der Waals surface area contributed by atoms with Gasteiger partial charge in [0.25, 0.3) is 0 Å². The fourth-order valence-corrected chi connectivity index (χ4v) is 1.88. The molecular formula is C16H22N2O4. The van der Waals surface area contributed by atoms with E-state index in [1.165, 1.54) is 0 Å². The normalized spacial score (nSPS) is 15.0. The van der Waals surface area contributed by atoms with E-state index in [9.17, 15) is 4.79 Å². The zero-order chi connectivity index (χ0) is 16.2. The van der Waals surface area contributed by atoms with Gasteiger partial charge in [0, 0.05) is 12.0 Å². The van der Waals surface area contributed by atoms with E-state index in [1.807, 2.05) is 18.2 Å². The van der Waals surface area contributed by atoms with Crippen LogP contribution in [0.25, 0.3) is 0 Å². The summed E-state index contributed by atoms with van der Waals surface area (Å²) < 4.78 is 16.3. The van der Waals surface area contributed by atoms with E-state index >= 15 is 0 Å². The lowest BCUT2D eigenvalue weighted by molar-refractivity contribution is 0.0529. The first-order chi connectivity index (χ1) is 10.3. The lowest BCUT2D eigenvalue weighted by Crippen LogP contribution is -2.30. The number of ether oxygens (including phenoxy) is 3. The van der Waals surface area contributed by atoms with E-state index in [-0.39, 0.29) is 0 Å². The Morgan fingerprint density at radius 2 is 1.91 bits per heavy atom. The number of hydrogen-bond acceptors (Lipinski definition) is 5. The molecule has 0 atom stereocenters. The van der Waals surface area contributed by atoms with Crippen molar-refractivity contribution in [3.05, 3.63) is 23.8 Å². The van der Waals surface area contributed by atoms with E-state index in [2.05, 4.69) is 10.5 Å². The minimum Gasteiger partial charge on any atom is -0.490 e. The molecule has 120 valence electrons. The van der Waals surface area contributed by atoms with Crippen LogP contribution in [0.15, 0.2) is 23.3 Å². The van der Waals surface area contributed by atoms with Crippen molar-refractivity contribution in [3.63, 3.8) is 0 Å². The van der Waals surface area contributed by atoms with Gasteiger partial charge in [0.2, 0.25) is 0 Å². The smallest absolute Gasteiger partial charge is 0.428 e. The number of hydrogen-bond donors (Lipinski definition) is 1. The Kier molecular flexibility index (Phi) is 4.90. The van der Waals surface area contributed by atoms with E-state index < -0.39 is 11.7 Å². The molecule has 0 bridgehead atoms. The van der Waals surface area contributed by atoms with Gasteiger partial charge in [-0.25, -0.2) is 10.2 Å². The van der Waals surface area contributed by atoms with Crippen molar-refractivity contribution in [3.8, 4) is 11.5 Å². The van der Waals surface area contributed by atoms with Crippen molar-refractivity contribution in [2.75, 3.05) is 13.2 Å². The molecule has 1 heterocycles. The number of nitrogens with one attached hydrogen (secondary N) is 1. The molecule has 0 fully saturated rings. The number of carbonyl (C=O) groups is 1. The van der Waals surface area contributed by atoms with Crippen LogP contribution in [0.5, 0.6) is 11.5 Å². The highest BCUT2D eigenvalue weighted by Crippen LogP contribution is 2.30. The Hall–Kier alpha value is -2.24. The first-order valence-corrected chi connectivity index (χ1v) is 7.28. The highest BCUT2D eigenvalue weighted by molar-refractivity contribution is 5.99. The molecule has 1 aromatic rings. The van der Waals surface area contributed by atoms with Gasteiger partial charge in [-0.3, -0.25) is 0 Å². The average Bonchev–Trinajstić information content (AvgIpc) is 2.67. The minimum atomic E-state index is -0.582. The summed E-state index contributed by atoms with van der Waals surface area (Å²) in [6.07, 6.45) is 0.276. The van der Waals surface area contributed by atoms with Crippen LogP contribution in [-0.2, 0) is 4.74 Å². The molecule has 0 unspecified atom stereocenters. The third-order valence-electron chi connectivity index (χ3n) is 2.88. The van der Waals surface area contributed by atoms with Gasteiger partial charge >= 0.3 is 6.09 Å². The van der Waals surface area contributed by atoms with Gasteiger partial charge in [-0.05, 0) is 45.9 Å². The highest BCUT2D eigenvalue weighted by Gasteiger charge is 2.16. The molecule has 0 saturated heterocycles. The van der Waals surface area contributed by atoms with E-state index in [1.54, 1.807) is 27.7 Å². The molecule has 1 aromatic carbocycles. The molecule has 1 amide bonds. The largest absolute Gasteiger partial charge is 0.490 e. The summed E-state index contributed by atoms with van der Waals surface area (Å²) in [4.78, 5) is 11.6. The molecule has 1 aliphatic heterocycles. The van der Waals surface area contributed by atoms with Crippen LogP contribution in [0.3, 0.4) is 0 Å². The first-order valence-electron chi connectivity index (χ1n) is 7.28. The summed E-state index contributed by atoms with van der Waals surface area (Å²) in [5.74, 6) is 1.43. The van der Waals surface area contributed by atoms with Gasteiger partial charge < -0.3 is 14.2 Å². The van der Waals surface area contributed by atoms with Crippen LogP contribution >= 0.6 is 0 Å². The molecule has 22 heavy (non-hydrogen) atoms. The first kappa shape index (κ1) is 16.1. The van der Waals surface area contributed by atoms with Crippen molar-refractivity contribution < 1.29 is 19.0 Å². The Bertz CT molecular complexity index is 576. The Morgan fingerprint density at radius 3 is 2.59 bits per heavy atom. The van der Waals surface area contributed by atoms with Crippen molar-refractivity contribution in [2.24, 2.45) is 5.10 Å². The third-order valence-corrected chi connectivity index (χ3v) is 2.88. The fraction of sp³-hybridized carbons (Fsp3) is 0.500. The summed E-state index contributed by atoms with van der Waals surface area (Å²) in [6, 6.07) is 5.59. The molecule has 0 aromatic heterocycles. The maximum absolute atomic E-state index is 11.6. The number of benzene rings is 1. The predicted molar refractivity (Wildman–Crippen MR) is 83.6 cm³/mol. The lowest BCUT2D eigenvalue weighted by atomic mass is 10.1. The predicted octanol–water partition coefficient (Wildman–Crippen LogP) is 3.10. The number of rotatable bonds is 2. The van der Waals surface area contributed by atoms with Crippen LogP contribution in [-0.4, -0.2) is 30.6 Å². The second kappa shape index (κ2) is 6.68. The Balaban J connectivity index is 2.06. The molecule has 0 saturated carbocycles. The number of hydrazone groups is 1. The minimum absolute atomic E-state index is 0.553. The molecule has 0 radical (unpaired) electrons. The maximum Gasteiger partial charge on any atom is 0.428 e. The summed E-state index contributed by atoms with van der Waals surface area (Å²) in [6.45, 7) is 8.48. The van der Waals surface area contributed by atoms with Gasteiger partial charge in [0.05, 0.1) is 18.9 Å². The molecule has 6 heteroatoms. The van der Waals surface area contributed by atoms with E-state index in [0.29, 0.717) is 24.7 Å². The second-order valence-corrected chi connectivity index (χ2v) is 6.02. The summed E-state index contributed by atoms with van der Waals surface area (Å²) in [5, 5.41) is 4.05. The van der Waals surface area contributed by atoms with Gasteiger partial charge in [0.1, 0.15) is 5.60 Å². The maximum atomic E-state index is 11.6. The summed E-state index contributed by atoms with van der Waals surface area (Å²) in [7, 11) is 0. The molecular weight excluding hydrogens is 284 g/mol. The van der Waals surface area contributed by atoms with Crippen LogP contribution in [0, 0.1) is 0 Å². The molecule has 1 aliphatic rings. The van der Waals surface area contributed by atoms with E-state index in [0.717, 1.165) is 17.7 Å². The molecule has 2 rings (SSSR count). The summed E-state index contributed by atoms with van der Waals surface area (Å²) in [5.41, 5.74) is 3.33. The Labute approximate surface area is 130 Å². The summed E-state index contributed by atoms with van der Waals surface area (Å²) >= 11 is 0. The van der Waals surface area contributed by atoms with Crippen molar-refractivity contribution in [2.45, 2.75) is 39.7 Å². The zero-order valence-electron chi connectivity index (χ0n) is 13.4. The van der Waals surface area contributed by atoms with Gasteiger partial charge in [-0.15, -0.1) is 0 Å². The monoisotopic (exact) mass is 306 g/mol. The SMILES string of the molecule is C/C(=N/NC(=O)OC(C)(C)C)c1ccc2c(c1)OCCCO2. The van der Waals surface area contributed by atoms with Crippen molar-refractivity contribution in [1.82, 2.24) is 5.43 Å². The van der Waals surface area contributed by atoms with Crippen LogP contribution in [0.4, 0.5) is 4.79 Å². The second-order valence-electron chi connectivity index (χ2n) is 6.02. The van der Waals surface area contributed by atoms with Crippen LogP contribution < -0.4 is 14.9 Å². The average molecular weight is 306 g/mol. The molecule has 6 nitrogen and oxygen atoms in total. The van der Waals surface area contributed by atoms with Crippen molar-refractivity contribution in [1.29, 1.82) is 0 Å². The Morgan fingerprint density at radius 1 is 1.23 bits per heavy atom. The molecule has 1 N–H and O–H groups in total. The van der Waals surface area contributed by atoms with Gasteiger partial charge in [-0.2, -0.15) is 5.10 Å². The van der Waals surface area contributed by atoms with Crippen LogP contribution in [0.2, 0.25) is 0 Å².